The van der Waals surface area contributed by atoms with Gasteiger partial charge in [0.1, 0.15) is 0 Å². The van der Waals surface area contributed by atoms with Crippen LogP contribution in [-0.2, 0) is 9.53 Å². The lowest BCUT2D eigenvalue weighted by atomic mass is 10.2. The maximum Gasteiger partial charge on any atom is 0.238 e. The molecule has 2 rings (SSSR count). The Labute approximate surface area is 126 Å². The number of amides is 1. The predicted molar refractivity (Wildman–Crippen MR) is 84.6 cm³/mol. The van der Waals surface area contributed by atoms with Crippen LogP contribution in [0, 0.1) is 6.92 Å². The normalized spacial score (nSPS) is 15.9. The molecule has 21 heavy (non-hydrogen) atoms. The Morgan fingerprint density at radius 2 is 2.05 bits per heavy atom. The molecule has 0 spiro atoms. The number of nitrogens with zero attached hydrogens (tertiary/aromatic N) is 1. The number of rotatable bonds is 7. The molecule has 116 valence electrons. The van der Waals surface area contributed by atoms with Crippen molar-refractivity contribution in [3.8, 4) is 0 Å². The fraction of sp³-hybridized carbons (Fsp3) is 0.562. The molecule has 0 saturated carbocycles. The molecule has 0 bridgehead atoms. The van der Waals surface area contributed by atoms with E-state index in [2.05, 4.69) is 15.5 Å². The van der Waals surface area contributed by atoms with E-state index in [4.69, 9.17) is 4.74 Å². The van der Waals surface area contributed by atoms with Crippen molar-refractivity contribution in [3.05, 3.63) is 29.8 Å². The number of carbonyl (C=O) groups is 1. The molecule has 0 aromatic heterocycles. The molecule has 1 amide bonds. The summed E-state index contributed by atoms with van der Waals surface area (Å²) < 4.78 is 5.31. The molecule has 1 saturated heterocycles. The van der Waals surface area contributed by atoms with Crippen LogP contribution in [0.5, 0.6) is 0 Å². The lowest BCUT2D eigenvalue weighted by Gasteiger charge is -2.26. The lowest BCUT2D eigenvalue weighted by molar-refractivity contribution is -0.115. The molecule has 1 aromatic rings. The number of ether oxygens (including phenoxy) is 1. The van der Waals surface area contributed by atoms with E-state index in [1.165, 1.54) is 0 Å². The summed E-state index contributed by atoms with van der Waals surface area (Å²) in [5.41, 5.74) is 1.97. The lowest BCUT2D eigenvalue weighted by Crippen LogP contribution is -2.38. The molecule has 0 aliphatic carbocycles. The largest absolute Gasteiger partial charge is 0.379 e. The highest BCUT2D eigenvalue weighted by molar-refractivity contribution is 5.92. The van der Waals surface area contributed by atoms with Crippen LogP contribution in [0.3, 0.4) is 0 Å². The highest BCUT2D eigenvalue weighted by Gasteiger charge is 2.09. The van der Waals surface area contributed by atoms with E-state index >= 15 is 0 Å². The Morgan fingerprint density at radius 3 is 2.81 bits per heavy atom. The smallest absolute Gasteiger partial charge is 0.238 e. The second-order valence-corrected chi connectivity index (χ2v) is 5.35. The van der Waals surface area contributed by atoms with Gasteiger partial charge in [-0.05, 0) is 38.1 Å². The maximum atomic E-state index is 11.8. The Hall–Kier alpha value is -1.43. The van der Waals surface area contributed by atoms with Crippen LogP contribution in [0.4, 0.5) is 5.69 Å². The summed E-state index contributed by atoms with van der Waals surface area (Å²) in [7, 11) is 0. The van der Waals surface area contributed by atoms with Crippen molar-refractivity contribution in [2.24, 2.45) is 0 Å². The van der Waals surface area contributed by atoms with E-state index in [0.29, 0.717) is 6.54 Å². The summed E-state index contributed by atoms with van der Waals surface area (Å²) in [5, 5.41) is 6.12. The van der Waals surface area contributed by atoms with Crippen LogP contribution in [0.2, 0.25) is 0 Å². The van der Waals surface area contributed by atoms with Crippen molar-refractivity contribution in [1.82, 2.24) is 10.2 Å². The molecule has 2 N–H and O–H groups in total. The Balaban J connectivity index is 1.56. The molecular weight excluding hydrogens is 266 g/mol. The van der Waals surface area contributed by atoms with E-state index in [-0.39, 0.29) is 5.91 Å². The first-order valence-electron chi connectivity index (χ1n) is 7.62. The van der Waals surface area contributed by atoms with Gasteiger partial charge in [0, 0.05) is 18.8 Å². The van der Waals surface area contributed by atoms with Crippen LogP contribution in [0.15, 0.2) is 24.3 Å². The van der Waals surface area contributed by atoms with Gasteiger partial charge in [0.15, 0.2) is 0 Å². The van der Waals surface area contributed by atoms with Gasteiger partial charge in [-0.2, -0.15) is 0 Å². The van der Waals surface area contributed by atoms with E-state index < -0.39 is 0 Å². The fourth-order valence-corrected chi connectivity index (χ4v) is 2.36. The van der Waals surface area contributed by atoms with Crippen LogP contribution in [-0.4, -0.2) is 56.7 Å². The van der Waals surface area contributed by atoms with Gasteiger partial charge in [0.2, 0.25) is 5.91 Å². The van der Waals surface area contributed by atoms with Gasteiger partial charge in [-0.3, -0.25) is 9.69 Å². The first-order valence-corrected chi connectivity index (χ1v) is 7.62. The van der Waals surface area contributed by atoms with Crippen molar-refractivity contribution >= 4 is 11.6 Å². The van der Waals surface area contributed by atoms with Crippen LogP contribution in [0.25, 0.3) is 0 Å². The summed E-state index contributed by atoms with van der Waals surface area (Å²) in [4.78, 5) is 14.2. The maximum absolute atomic E-state index is 11.8. The molecule has 1 fully saturated rings. The molecule has 1 aromatic carbocycles. The zero-order valence-electron chi connectivity index (χ0n) is 12.7. The van der Waals surface area contributed by atoms with Gasteiger partial charge < -0.3 is 15.4 Å². The molecular formula is C16H25N3O2. The number of morpholine rings is 1. The molecule has 5 heteroatoms. The minimum atomic E-state index is 0.00988. The van der Waals surface area contributed by atoms with Crippen LogP contribution >= 0.6 is 0 Å². The van der Waals surface area contributed by atoms with Gasteiger partial charge in [0.05, 0.1) is 19.8 Å². The van der Waals surface area contributed by atoms with Crippen LogP contribution in [0.1, 0.15) is 12.0 Å². The van der Waals surface area contributed by atoms with Crippen molar-refractivity contribution < 1.29 is 9.53 Å². The fourth-order valence-electron chi connectivity index (χ4n) is 2.36. The standard InChI is InChI=1S/C16H25N3O2/c1-14-5-2-3-6-15(14)18-16(20)13-17-7-4-8-19-9-11-21-12-10-19/h2-3,5-6,17H,4,7-13H2,1H3,(H,18,20). The SMILES string of the molecule is Cc1ccccc1NC(=O)CNCCCN1CCOCC1. The third kappa shape index (κ3) is 5.83. The van der Waals surface area contributed by atoms with Crippen molar-refractivity contribution in [3.63, 3.8) is 0 Å². The minimum Gasteiger partial charge on any atom is -0.379 e. The number of nitrogens with one attached hydrogen (secondary N) is 2. The summed E-state index contributed by atoms with van der Waals surface area (Å²) >= 11 is 0. The molecule has 1 aliphatic rings. The van der Waals surface area contributed by atoms with Crippen molar-refractivity contribution in [2.75, 3.05) is 51.3 Å². The first kappa shape index (κ1) is 15.9. The average molecular weight is 291 g/mol. The van der Waals surface area contributed by atoms with E-state index in [9.17, 15) is 4.79 Å². The van der Waals surface area contributed by atoms with E-state index in [1.807, 2.05) is 31.2 Å². The van der Waals surface area contributed by atoms with Crippen LogP contribution < -0.4 is 10.6 Å². The van der Waals surface area contributed by atoms with Crippen molar-refractivity contribution in [1.29, 1.82) is 0 Å². The summed E-state index contributed by atoms with van der Waals surface area (Å²) in [5.74, 6) is 0.00988. The Kier molecular flexibility index (Phi) is 6.66. The zero-order chi connectivity index (χ0) is 14.9. The first-order chi connectivity index (χ1) is 10.3. The van der Waals surface area contributed by atoms with Gasteiger partial charge >= 0.3 is 0 Å². The quantitative estimate of drug-likeness (QED) is 0.742. The topological polar surface area (TPSA) is 53.6 Å². The summed E-state index contributed by atoms with van der Waals surface area (Å²) in [6.07, 6.45) is 1.05. The van der Waals surface area contributed by atoms with E-state index in [0.717, 1.165) is 57.1 Å². The summed E-state index contributed by atoms with van der Waals surface area (Å²) in [6, 6.07) is 7.81. The minimum absolute atomic E-state index is 0.00988. The second-order valence-electron chi connectivity index (χ2n) is 5.35. The monoisotopic (exact) mass is 291 g/mol. The number of hydrogen-bond donors (Lipinski definition) is 2. The van der Waals surface area contributed by atoms with Gasteiger partial charge in [0.25, 0.3) is 0 Å². The average Bonchev–Trinajstić information content (AvgIpc) is 2.50. The van der Waals surface area contributed by atoms with Gasteiger partial charge in [-0.1, -0.05) is 18.2 Å². The predicted octanol–water partition coefficient (Wildman–Crippen LogP) is 1.25. The number of hydrogen-bond acceptors (Lipinski definition) is 4. The third-order valence-electron chi connectivity index (χ3n) is 3.64. The number of anilines is 1. The molecule has 1 aliphatic heterocycles. The van der Waals surface area contributed by atoms with Crippen molar-refractivity contribution in [2.45, 2.75) is 13.3 Å². The number of para-hydroxylation sites is 1. The molecule has 5 nitrogen and oxygen atoms in total. The third-order valence-corrected chi connectivity index (χ3v) is 3.64. The van der Waals surface area contributed by atoms with Gasteiger partial charge in [-0.15, -0.1) is 0 Å². The molecule has 0 atom stereocenters. The zero-order valence-corrected chi connectivity index (χ0v) is 12.7. The number of benzene rings is 1. The van der Waals surface area contributed by atoms with E-state index in [1.54, 1.807) is 0 Å². The van der Waals surface area contributed by atoms with Gasteiger partial charge in [-0.25, -0.2) is 0 Å². The second kappa shape index (κ2) is 8.77. The number of carbonyl (C=O) groups excluding carboxylic acids is 1. The molecule has 0 radical (unpaired) electrons. The molecule has 1 heterocycles. The number of aryl methyl sites for hydroxylation is 1. The Morgan fingerprint density at radius 1 is 1.29 bits per heavy atom. The highest BCUT2D eigenvalue weighted by Crippen LogP contribution is 2.12. The highest BCUT2D eigenvalue weighted by atomic mass is 16.5. The molecule has 0 unspecified atom stereocenters. The summed E-state index contributed by atoms with van der Waals surface area (Å²) in [6.45, 7) is 8.00. The Bertz CT molecular complexity index is 445.